The normalized spacial score (nSPS) is 34.4. The van der Waals surface area contributed by atoms with E-state index in [0.29, 0.717) is 0 Å². The summed E-state index contributed by atoms with van der Waals surface area (Å²) >= 11 is 0. The average molecular weight is 223 g/mol. The Morgan fingerprint density at radius 2 is 1.94 bits per heavy atom. The third kappa shape index (κ3) is 2.11. The van der Waals surface area contributed by atoms with E-state index < -0.39 is 11.0 Å². The van der Waals surface area contributed by atoms with E-state index in [1.54, 1.807) is 0 Å². The summed E-state index contributed by atoms with van der Waals surface area (Å²) in [5.41, 5.74) is -1.38. The lowest BCUT2D eigenvalue weighted by atomic mass is 9.59. The molecule has 0 spiro atoms. The first kappa shape index (κ1) is 13.5. The fraction of sp³-hybridized carbons (Fsp3) is 0.929. The lowest BCUT2D eigenvalue weighted by Gasteiger charge is -2.46. The lowest BCUT2D eigenvalue weighted by Crippen LogP contribution is -2.50. The Balaban J connectivity index is 2.86. The van der Waals surface area contributed by atoms with E-state index in [-0.39, 0.29) is 5.92 Å². The maximum absolute atomic E-state index is 10.6. The Labute approximate surface area is 99.7 Å². The van der Waals surface area contributed by atoms with Crippen LogP contribution in [-0.4, -0.2) is 10.7 Å². The standard InChI is InChI=1S/C14H25NO/c1-5-12-6-8-14(10-15,9-7-12)13(4,16)11(2)3/h11-12,16H,5-9H2,1-4H3. The van der Waals surface area contributed by atoms with Gasteiger partial charge in [-0.05, 0) is 44.4 Å². The van der Waals surface area contributed by atoms with Gasteiger partial charge in [-0.15, -0.1) is 0 Å². The molecule has 1 rings (SSSR count). The number of rotatable bonds is 3. The van der Waals surface area contributed by atoms with E-state index in [2.05, 4.69) is 13.0 Å². The predicted octanol–water partition coefficient (Wildman–Crippen LogP) is 3.50. The highest BCUT2D eigenvalue weighted by Crippen LogP contribution is 2.49. The summed E-state index contributed by atoms with van der Waals surface area (Å²) in [6.07, 6.45) is 5.09. The fourth-order valence-electron chi connectivity index (χ4n) is 2.86. The van der Waals surface area contributed by atoms with Gasteiger partial charge < -0.3 is 5.11 Å². The van der Waals surface area contributed by atoms with Crippen LogP contribution in [0.15, 0.2) is 0 Å². The average Bonchev–Trinajstić information content (AvgIpc) is 2.28. The van der Waals surface area contributed by atoms with Crippen LogP contribution in [0.2, 0.25) is 0 Å². The minimum Gasteiger partial charge on any atom is -0.388 e. The van der Waals surface area contributed by atoms with Crippen LogP contribution >= 0.6 is 0 Å². The van der Waals surface area contributed by atoms with Crippen molar-refractivity contribution in [1.29, 1.82) is 5.26 Å². The Morgan fingerprint density at radius 3 is 2.25 bits per heavy atom. The van der Waals surface area contributed by atoms with Crippen molar-refractivity contribution in [2.24, 2.45) is 17.3 Å². The van der Waals surface area contributed by atoms with Gasteiger partial charge >= 0.3 is 0 Å². The van der Waals surface area contributed by atoms with E-state index in [9.17, 15) is 10.4 Å². The second kappa shape index (κ2) is 4.75. The molecule has 92 valence electrons. The fourth-order valence-corrected chi connectivity index (χ4v) is 2.86. The molecular weight excluding hydrogens is 198 g/mol. The molecule has 1 aliphatic rings. The van der Waals surface area contributed by atoms with E-state index in [1.807, 2.05) is 20.8 Å². The van der Waals surface area contributed by atoms with Gasteiger partial charge in [0.2, 0.25) is 0 Å². The van der Waals surface area contributed by atoms with E-state index in [0.717, 1.165) is 31.6 Å². The molecule has 0 heterocycles. The van der Waals surface area contributed by atoms with Gasteiger partial charge in [0.05, 0.1) is 17.1 Å². The number of nitrogens with zero attached hydrogens (tertiary/aromatic N) is 1. The number of hydrogen-bond acceptors (Lipinski definition) is 2. The van der Waals surface area contributed by atoms with Gasteiger partial charge in [0, 0.05) is 0 Å². The SMILES string of the molecule is CCC1CCC(C#N)(C(C)(O)C(C)C)CC1. The predicted molar refractivity (Wildman–Crippen MR) is 65.8 cm³/mol. The highest BCUT2D eigenvalue weighted by atomic mass is 16.3. The smallest absolute Gasteiger partial charge is 0.0860 e. The Kier molecular flexibility index (Phi) is 4.02. The summed E-state index contributed by atoms with van der Waals surface area (Å²) in [5.74, 6) is 0.884. The zero-order valence-electron chi connectivity index (χ0n) is 11.1. The molecule has 0 amide bonds. The van der Waals surface area contributed by atoms with Crippen LogP contribution in [0.1, 0.15) is 59.8 Å². The molecule has 16 heavy (non-hydrogen) atoms. The van der Waals surface area contributed by atoms with Gasteiger partial charge in [-0.1, -0.05) is 27.2 Å². The molecule has 0 saturated heterocycles. The van der Waals surface area contributed by atoms with Crippen molar-refractivity contribution in [2.45, 2.75) is 65.4 Å². The molecule has 1 aliphatic carbocycles. The lowest BCUT2D eigenvalue weighted by molar-refractivity contribution is -0.0965. The summed E-state index contributed by atoms with van der Waals surface area (Å²) in [6.45, 7) is 8.06. The largest absolute Gasteiger partial charge is 0.388 e. The molecule has 0 aromatic heterocycles. The maximum atomic E-state index is 10.6. The zero-order valence-corrected chi connectivity index (χ0v) is 11.1. The van der Waals surface area contributed by atoms with Gasteiger partial charge in [0.25, 0.3) is 0 Å². The van der Waals surface area contributed by atoms with Crippen molar-refractivity contribution in [3.05, 3.63) is 0 Å². The summed E-state index contributed by atoms with van der Waals surface area (Å²) < 4.78 is 0. The second-order valence-electron chi connectivity index (χ2n) is 5.85. The van der Waals surface area contributed by atoms with Crippen molar-refractivity contribution in [1.82, 2.24) is 0 Å². The Hall–Kier alpha value is -0.550. The molecule has 1 N–H and O–H groups in total. The first-order valence-corrected chi connectivity index (χ1v) is 6.53. The first-order valence-electron chi connectivity index (χ1n) is 6.53. The van der Waals surface area contributed by atoms with Gasteiger partial charge in [-0.2, -0.15) is 5.26 Å². The first-order chi connectivity index (χ1) is 7.39. The minimum atomic E-state index is -0.861. The molecule has 1 unspecified atom stereocenters. The van der Waals surface area contributed by atoms with Crippen LogP contribution in [0.25, 0.3) is 0 Å². The molecule has 1 fully saturated rings. The van der Waals surface area contributed by atoms with Crippen LogP contribution in [-0.2, 0) is 0 Å². The highest BCUT2D eigenvalue weighted by Gasteiger charge is 2.50. The number of nitriles is 1. The summed E-state index contributed by atoms with van der Waals surface area (Å²) in [4.78, 5) is 0. The highest BCUT2D eigenvalue weighted by molar-refractivity contribution is 5.12. The quantitative estimate of drug-likeness (QED) is 0.795. The molecule has 0 aliphatic heterocycles. The van der Waals surface area contributed by atoms with Crippen LogP contribution < -0.4 is 0 Å². The van der Waals surface area contributed by atoms with Crippen LogP contribution in [0.3, 0.4) is 0 Å². The molecule has 1 saturated carbocycles. The van der Waals surface area contributed by atoms with E-state index in [4.69, 9.17) is 0 Å². The number of aliphatic hydroxyl groups is 1. The van der Waals surface area contributed by atoms with Gasteiger partial charge in [-0.25, -0.2) is 0 Å². The van der Waals surface area contributed by atoms with Gasteiger partial charge in [0.1, 0.15) is 0 Å². The molecule has 0 radical (unpaired) electrons. The Bertz CT molecular complexity index is 267. The minimum absolute atomic E-state index is 0.130. The molecule has 0 aromatic rings. The van der Waals surface area contributed by atoms with E-state index in [1.165, 1.54) is 6.42 Å². The van der Waals surface area contributed by atoms with Crippen molar-refractivity contribution in [2.75, 3.05) is 0 Å². The van der Waals surface area contributed by atoms with Crippen molar-refractivity contribution < 1.29 is 5.11 Å². The van der Waals surface area contributed by atoms with E-state index >= 15 is 0 Å². The molecule has 2 nitrogen and oxygen atoms in total. The third-order valence-corrected chi connectivity index (χ3v) is 4.84. The van der Waals surface area contributed by atoms with Crippen LogP contribution in [0.4, 0.5) is 0 Å². The monoisotopic (exact) mass is 223 g/mol. The van der Waals surface area contributed by atoms with Crippen LogP contribution in [0, 0.1) is 28.6 Å². The van der Waals surface area contributed by atoms with Crippen molar-refractivity contribution >= 4 is 0 Å². The summed E-state index contributed by atoms with van der Waals surface area (Å²) in [5, 5.41) is 20.1. The van der Waals surface area contributed by atoms with Gasteiger partial charge in [0.15, 0.2) is 0 Å². The molecule has 0 aromatic carbocycles. The van der Waals surface area contributed by atoms with Crippen molar-refractivity contribution in [3.63, 3.8) is 0 Å². The van der Waals surface area contributed by atoms with Crippen molar-refractivity contribution in [3.8, 4) is 6.07 Å². The molecular formula is C14H25NO. The third-order valence-electron chi connectivity index (χ3n) is 4.84. The second-order valence-corrected chi connectivity index (χ2v) is 5.85. The maximum Gasteiger partial charge on any atom is 0.0860 e. The Morgan fingerprint density at radius 1 is 1.44 bits per heavy atom. The summed E-state index contributed by atoms with van der Waals surface area (Å²) in [6, 6.07) is 2.43. The number of hydrogen-bond donors (Lipinski definition) is 1. The molecule has 0 bridgehead atoms. The van der Waals surface area contributed by atoms with Gasteiger partial charge in [-0.3, -0.25) is 0 Å². The zero-order chi connectivity index (χ0) is 12.4. The van der Waals surface area contributed by atoms with Crippen LogP contribution in [0.5, 0.6) is 0 Å². The summed E-state index contributed by atoms with van der Waals surface area (Å²) in [7, 11) is 0. The molecule has 2 heteroatoms. The molecule has 1 atom stereocenters. The topological polar surface area (TPSA) is 44.0 Å².